The molecule has 0 unspecified atom stereocenters. The second-order valence-electron chi connectivity index (χ2n) is 3.99. The summed E-state index contributed by atoms with van der Waals surface area (Å²) in [5.41, 5.74) is 8.67. The van der Waals surface area contributed by atoms with E-state index in [2.05, 4.69) is 10.3 Å². The number of rotatable bonds is 4. The molecular formula is C12H16N4O. The van der Waals surface area contributed by atoms with Crippen LogP contribution in [0.1, 0.15) is 16.8 Å². The molecule has 0 aliphatic rings. The molecule has 0 atom stereocenters. The lowest BCUT2D eigenvalue weighted by Gasteiger charge is -2.09. The molecule has 5 nitrogen and oxygen atoms in total. The van der Waals surface area contributed by atoms with Crippen molar-refractivity contribution in [2.24, 2.45) is 12.8 Å². The fourth-order valence-electron chi connectivity index (χ4n) is 1.62. The highest BCUT2D eigenvalue weighted by Gasteiger charge is 2.04. The van der Waals surface area contributed by atoms with Gasteiger partial charge in [0.1, 0.15) is 18.1 Å². The summed E-state index contributed by atoms with van der Waals surface area (Å²) in [6.45, 7) is 2.91. The van der Waals surface area contributed by atoms with Crippen LogP contribution in [0.3, 0.4) is 0 Å². The highest BCUT2D eigenvalue weighted by Crippen LogP contribution is 2.20. The Bertz CT molecular complexity index is 507. The lowest BCUT2D eigenvalue weighted by molar-refractivity contribution is 0.298. The van der Waals surface area contributed by atoms with Crippen molar-refractivity contribution in [2.75, 3.05) is 0 Å². The maximum absolute atomic E-state index is 5.69. The third kappa shape index (κ3) is 2.82. The molecule has 17 heavy (non-hydrogen) atoms. The number of benzene rings is 1. The van der Waals surface area contributed by atoms with Crippen molar-refractivity contribution < 1.29 is 4.74 Å². The Morgan fingerprint density at radius 3 is 2.88 bits per heavy atom. The van der Waals surface area contributed by atoms with Crippen molar-refractivity contribution in [3.63, 3.8) is 0 Å². The van der Waals surface area contributed by atoms with Gasteiger partial charge in [0, 0.05) is 19.2 Å². The number of aryl methyl sites for hydroxylation is 2. The monoisotopic (exact) mass is 232 g/mol. The van der Waals surface area contributed by atoms with E-state index in [0.29, 0.717) is 13.2 Å². The van der Waals surface area contributed by atoms with Crippen LogP contribution in [0.2, 0.25) is 0 Å². The summed E-state index contributed by atoms with van der Waals surface area (Å²) in [6.07, 6.45) is 1.83. The molecule has 0 radical (unpaired) electrons. The van der Waals surface area contributed by atoms with Crippen LogP contribution in [0.5, 0.6) is 5.75 Å². The summed E-state index contributed by atoms with van der Waals surface area (Å²) < 4.78 is 7.34. The van der Waals surface area contributed by atoms with Crippen LogP contribution < -0.4 is 10.5 Å². The van der Waals surface area contributed by atoms with Crippen LogP contribution in [0.4, 0.5) is 0 Å². The Hall–Kier alpha value is -1.88. The van der Waals surface area contributed by atoms with Crippen molar-refractivity contribution in [3.8, 4) is 5.75 Å². The summed E-state index contributed by atoms with van der Waals surface area (Å²) >= 11 is 0. The zero-order valence-corrected chi connectivity index (χ0v) is 10.1. The van der Waals surface area contributed by atoms with E-state index in [0.717, 1.165) is 17.0 Å². The van der Waals surface area contributed by atoms with Crippen molar-refractivity contribution in [3.05, 3.63) is 41.2 Å². The van der Waals surface area contributed by atoms with Crippen molar-refractivity contribution in [2.45, 2.75) is 20.1 Å². The SMILES string of the molecule is Cc1ccc(OCc2cn(C)nn2)c(CN)c1. The molecule has 5 heteroatoms. The Labute approximate surface area is 100 Å². The smallest absolute Gasteiger partial charge is 0.134 e. The van der Waals surface area contributed by atoms with Crippen LogP contribution >= 0.6 is 0 Å². The van der Waals surface area contributed by atoms with E-state index in [1.54, 1.807) is 4.68 Å². The topological polar surface area (TPSA) is 66.0 Å². The van der Waals surface area contributed by atoms with Gasteiger partial charge in [-0.25, -0.2) is 0 Å². The van der Waals surface area contributed by atoms with Crippen LogP contribution in [-0.4, -0.2) is 15.0 Å². The molecule has 2 rings (SSSR count). The normalized spacial score (nSPS) is 10.5. The van der Waals surface area contributed by atoms with E-state index in [1.807, 2.05) is 38.4 Å². The van der Waals surface area contributed by atoms with E-state index < -0.39 is 0 Å². The number of nitrogens with zero attached hydrogens (tertiary/aromatic N) is 3. The third-order valence-corrected chi connectivity index (χ3v) is 2.46. The van der Waals surface area contributed by atoms with Gasteiger partial charge in [0.2, 0.25) is 0 Å². The Balaban J connectivity index is 2.08. The van der Waals surface area contributed by atoms with E-state index in [4.69, 9.17) is 10.5 Å². The summed E-state index contributed by atoms with van der Waals surface area (Å²) in [5.74, 6) is 0.809. The molecular weight excluding hydrogens is 216 g/mol. The highest BCUT2D eigenvalue weighted by molar-refractivity contribution is 5.36. The molecule has 0 amide bonds. The minimum Gasteiger partial charge on any atom is -0.487 e. The average molecular weight is 232 g/mol. The molecule has 0 aliphatic carbocycles. The van der Waals surface area contributed by atoms with Gasteiger partial charge in [0.15, 0.2) is 0 Å². The number of nitrogens with two attached hydrogens (primary N) is 1. The first-order valence-electron chi connectivity index (χ1n) is 5.46. The molecule has 0 aliphatic heterocycles. The van der Waals surface area contributed by atoms with Gasteiger partial charge in [0.05, 0.1) is 6.20 Å². The number of hydrogen-bond acceptors (Lipinski definition) is 4. The number of aromatic nitrogens is 3. The lowest BCUT2D eigenvalue weighted by atomic mass is 10.1. The van der Waals surface area contributed by atoms with Gasteiger partial charge in [-0.15, -0.1) is 5.10 Å². The first-order valence-corrected chi connectivity index (χ1v) is 5.46. The Kier molecular flexibility index (Phi) is 3.39. The predicted octanol–water partition coefficient (Wildman–Crippen LogP) is 1.16. The second kappa shape index (κ2) is 4.97. The molecule has 2 aromatic rings. The van der Waals surface area contributed by atoms with Crippen molar-refractivity contribution in [1.29, 1.82) is 0 Å². The molecule has 0 saturated heterocycles. The lowest BCUT2D eigenvalue weighted by Crippen LogP contribution is -2.03. The molecule has 1 aromatic heterocycles. The average Bonchev–Trinajstić information content (AvgIpc) is 2.73. The minimum atomic E-state index is 0.407. The van der Waals surface area contributed by atoms with Crippen molar-refractivity contribution >= 4 is 0 Å². The van der Waals surface area contributed by atoms with Gasteiger partial charge in [0.25, 0.3) is 0 Å². The van der Waals surface area contributed by atoms with Gasteiger partial charge >= 0.3 is 0 Å². The molecule has 2 N–H and O–H groups in total. The number of ether oxygens (including phenoxy) is 1. The predicted molar refractivity (Wildman–Crippen MR) is 64.4 cm³/mol. The maximum Gasteiger partial charge on any atom is 0.134 e. The summed E-state index contributed by atoms with van der Waals surface area (Å²) in [7, 11) is 1.83. The summed E-state index contributed by atoms with van der Waals surface area (Å²) in [4.78, 5) is 0. The fourth-order valence-corrected chi connectivity index (χ4v) is 1.62. The van der Waals surface area contributed by atoms with Crippen LogP contribution in [0, 0.1) is 6.92 Å². The Morgan fingerprint density at radius 2 is 2.24 bits per heavy atom. The zero-order valence-electron chi connectivity index (χ0n) is 10.1. The van der Waals surface area contributed by atoms with Crippen molar-refractivity contribution in [1.82, 2.24) is 15.0 Å². The van der Waals surface area contributed by atoms with E-state index >= 15 is 0 Å². The van der Waals surface area contributed by atoms with Gasteiger partial charge in [-0.1, -0.05) is 22.9 Å². The second-order valence-corrected chi connectivity index (χ2v) is 3.99. The van der Waals surface area contributed by atoms with E-state index in [1.165, 1.54) is 5.56 Å². The molecule has 90 valence electrons. The molecule has 0 spiro atoms. The van der Waals surface area contributed by atoms with Gasteiger partial charge in [-0.2, -0.15) is 0 Å². The third-order valence-electron chi connectivity index (χ3n) is 2.46. The molecule has 0 saturated carbocycles. The molecule has 0 bridgehead atoms. The summed E-state index contributed by atoms with van der Waals surface area (Å²) in [5, 5.41) is 7.81. The van der Waals surface area contributed by atoms with Crippen LogP contribution in [0.25, 0.3) is 0 Å². The quantitative estimate of drug-likeness (QED) is 0.859. The first kappa shape index (κ1) is 11.6. The largest absolute Gasteiger partial charge is 0.487 e. The minimum absolute atomic E-state index is 0.407. The molecule has 1 heterocycles. The van der Waals surface area contributed by atoms with E-state index in [-0.39, 0.29) is 0 Å². The van der Waals surface area contributed by atoms with Crippen LogP contribution in [-0.2, 0) is 20.2 Å². The molecule has 0 fully saturated rings. The standard InChI is InChI=1S/C12H16N4O/c1-9-3-4-12(10(5-9)6-13)17-8-11-7-16(2)15-14-11/h3-5,7H,6,8,13H2,1-2H3. The van der Waals surface area contributed by atoms with Crippen LogP contribution in [0.15, 0.2) is 24.4 Å². The highest BCUT2D eigenvalue weighted by atomic mass is 16.5. The summed E-state index contributed by atoms with van der Waals surface area (Å²) in [6, 6.07) is 5.98. The zero-order chi connectivity index (χ0) is 12.3. The Morgan fingerprint density at radius 1 is 1.41 bits per heavy atom. The van der Waals surface area contributed by atoms with Gasteiger partial charge in [-0.05, 0) is 13.0 Å². The first-order chi connectivity index (χ1) is 8.19. The fraction of sp³-hybridized carbons (Fsp3) is 0.333. The van der Waals surface area contributed by atoms with Gasteiger partial charge < -0.3 is 10.5 Å². The van der Waals surface area contributed by atoms with Gasteiger partial charge in [-0.3, -0.25) is 4.68 Å². The number of hydrogen-bond donors (Lipinski definition) is 1. The van der Waals surface area contributed by atoms with E-state index in [9.17, 15) is 0 Å². The maximum atomic E-state index is 5.69. The molecule has 1 aromatic carbocycles.